The minimum atomic E-state index is -0.788. The quantitative estimate of drug-likeness (QED) is 0.860. The third-order valence-corrected chi connectivity index (χ3v) is 4.11. The Morgan fingerprint density at radius 3 is 2.70 bits per heavy atom. The number of methoxy groups -OCH3 is 1. The summed E-state index contributed by atoms with van der Waals surface area (Å²) in [5, 5.41) is 2.43. The van der Waals surface area contributed by atoms with Crippen LogP contribution in [0.1, 0.15) is 11.1 Å². The minimum absolute atomic E-state index is 0.0230. The lowest BCUT2D eigenvalue weighted by molar-refractivity contribution is -0.113. The van der Waals surface area contributed by atoms with Crippen molar-refractivity contribution in [1.82, 2.24) is 0 Å². The highest BCUT2D eigenvalue weighted by atomic mass is 32.2. The van der Waals surface area contributed by atoms with E-state index >= 15 is 0 Å². The monoisotopic (exact) mass is 337 g/mol. The van der Waals surface area contributed by atoms with Crippen LogP contribution in [-0.4, -0.2) is 18.8 Å². The smallest absolute Gasteiger partial charge is 0.234 e. The van der Waals surface area contributed by atoms with Crippen LogP contribution in [0, 0.1) is 18.6 Å². The van der Waals surface area contributed by atoms with Gasteiger partial charge in [-0.05, 0) is 25.1 Å². The van der Waals surface area contributed by atoms with Gasteiger partial charge in [0.25, 0.3) is 0 Å². The SMILES string of the molecule is COc1ccc(C)cc1CSCC(=O)Nc1ccc(F)cc1F. The number of anilines is 1. The molecule has 0 bridgehead atoms. The third-order valence-electron chi connectivity index (χ3n) is 3.13. The molecule has 2 rings (SSSR count). The van der Waals surface area contributed by atoms with Gasteiger partial charge in [0.1, 0.15) is 17.4 Å². The van der Waals surface area contributed by atoms with Crippen molar-refractivity contribution < 1.29 is 18.3 Å². The summed E-state index contributed by atoms with van der Waals surface area (Å²) in [6.07, 6.45) is 0. The number of nitrogens with one attached hydrogen (secondary N) is 1. The predicted molar refractivity (Wildman–Crippen MR) is 88.9 cm³/mol. The van der Waals surface area contributed by atoms with E-state index in [1.54, 1.807) is 7.11 Å². The van der Waals surface area contributed by atoms with Gasteiger partial charge in [-0.3, -0.25) is 4.79 Å². The molecule has 0 atom stereocenters. The third kappa shape index (κ3) is 4.96. The number of aryl methyl sites for hydroxylation is 1. The van der Waals surface area contributed by atoms with E-state index in [9.17, 15) is 13.6 Å². The molecular formula is C17H17F2NO2S. The zero-order valence-electron chi connectivity index (χ0n) is 12.9. The Labute approximate surface area is 138 Å². The fraction of sp³-hybridized carbons (Fsp3) is 0.235. The molecule has 1 N–H and O–H groups in total. The van der Waals surface area contributed by atoms with Gasteiger partial charge >= 0.3 is 0 Å². The summed E-state index contributed by atoms with van der Waals surface area (Å²) in [5.74, 6) is -0.275. The molecule has 0 radical (unpaired) electrons. The highest BCUT2D eigenvalue weighted by molar-refractivity contribution is 7.99. The average molecular weight is 337 g/mol. The van der Waals surface area contributed by atoms with Crippen molar-refractivity contribution in [1.29, 1.82) is 0 Å². The van der Waals surface area contributed by atoms with Crippen LogP contribution in [0.4, 0.5) is 14.5 Å². The highest BCUT2D eigenvalue weighted by Gasteiger charge is 2.09. The lowest BCUT2D eigenvalue weighted by Gasteiger charge is -2.10. The van der Waals surface area contributed by atoms with Gasteiger partial charge in [-0.2, -0.15) is 0 Å². The van der Waals surface area contributed by atoms with Crippen LogP contribution in [0.5, 0.6) is 5.75 Å². The number of ether oxygens (including phenoxy) is 1. The van der Waals surface area contributed by atoms with E-state index in [1.165, 1.54) is 17.8 Å². The first-order chi connectivity index (χ1) is 11.0. The zero-order valence-corrected chi connectivity index (χ0v) is 13.7. The number of benzene rings is 2. The topological polar surface area (TPSA) is 38.3 Å². The summed E-state index contributed by atoms with van der Waals surface area (Å²) >= 11 is 1.39. The van der Waals surface area contributed by atoms with Crippen molar-refractivity contribution in [3.05, 3.63) is 59.2 Å². The van der Waals surface area contributed by atoms with Crippen molar-refractivity contribution >= 4 is 23.4 Å². The molecule has 2 aromatic carbocycles. The van der Waals surface area contributed by atoms with Gasteiger partial charge in [0.15, 0.2) is 0 Å². The molecule has 0 spiro atoms. The Bertz CT molecular complexity index is 707. The Hall–Kier alpha value is -2.08. The largest absolute Gasteiger partial charge is 0.496 e. The number of halogens is 2. The second-order valence-electron chi connectivity index (χ2n) is 4.98. The molecule has 0 unspecified atom stereocenters. The predicted octanol–water partition coefficient (Wildman–Crippen LogP) is 4.15. The molecule has 0 fully saturated rings. The van der Waals surface area contributed by atoms with Gasteiger partial charge in [0.05, 0.1) is 18.6 Å². The fourth-order valence-corrected chi connectivity index (χ4v) is 2.86. The molecule has 6 heteroatoms. The summed E-state index contributed by atoms with van der Waals surface area (Å²) in [6, 6.07) is 8.89. The van der Waals surface area contributed by atoms with E-state index in [4.69, 9.17) is 4.74 Å². The lowest BCUT2D eigenvalue weighted by atomic mass is 10.1. The molecular weight excluding hydrogens is 320 g/mol. The van der Waals surface area contributed by atoms with Gasteiger partial charge in [-0.25, -0.2) is 8.78 Å². The summed E-state index contributed by atoms with van der Waals surface area (Å²) in [5.41, 5.74) is 2.09. The zero-order chi connectivity index (χ0) is 16.8. The summed E-state index contributed by atoms with van der Waals surface area (Å²) in [4.78, 5) is 11.8. The number of hydrogen-bond donors (Lipinski definition) is 1. The van der Waals surface area contributed by atoms with Crippen LogP contribution >= 0.6 is 11.8 Å². The molecule has 0 aliphatic carbocycles. The van der Waals surface area contributed by atoms with Gasteiger partial charge in [0.2, 0.25) is 5.91 Å². The first-order valence-electron chi connectivity index (χ1n) is 6.95. The maximum atomic E-state index is 13.5. The molecule has 0 aliphatic heterocycles. The maximum absolute atomic E-state index is 13.5. The summed E-state index contributed by atoms with van der Waals surface area (Å²) in [6.45, 7) is 1.98. The van der Waals surface area contributed by atoms with Crippen molar-refractivity contribution in [2.24, 2.45) is 0 Å². The van der Waals surface area contributed by atoms with Crippen LogP contribution < -0.4 is 10.1 Å². The molecule has 0 aliphatic rings. The molecule has 0 aromatic heterocycles. The Morgan fingerprint density at radius 1 is 1.22 bits per heavy atom. The van der Waals surface area contributed by atoms with Gasteiger partial charge in [0, 0.05) is 17.4 Å². The van der Waals surface area contributed by atoms with Gasteiger partial charge in [-0.15, -0.1) is 11.8 Å². The van der Waals surface area contributed by atoms with Crippen LogP contribution in [0.3, 0.4) is 0 Å². The number of rotatable bonds is 6. The Morgan fingerprint density at radius 2 is 2.00 bits per heavy atom. The van der Waals surface area contributed by atoms with E-state index in [0.29, 0.717) is 5.75 Å². The Balaban J connectivity index is 1.89. The average Bonchev–Trinajstić information content (AvgIpc) is 2.50. The molecule has 0 heterocycles. The first-order valence-corrected chi connectivity index (χ1v) is 8.11. The second kappa shape index (κ2) is 7.97. The normalized spacial score (nSPS) is 10.4. The molecule has 1 amide bonds. The standard InChI is InChI=1S/C17H17F2NO2S/c1-11-3-6-16(22-2)12(7-11)9-23-10-17(21)20-15-5-4-13(18)8-14(15)19/h3-8H,9-10H2,1-2H3,(H,20,21). The van der Waals surface area contributed by atoms with Crippen LogP contribution in [0.2, 0.25) is 0 Å². The Kier molecular flexibility index (Phi) is 5.98. The number of hydrogen-bond acceptors (Lipinski definition) is 3. The van der Waals surface area contributed by atoms with Crippen molar-refractivity contribution in [2.45, 2.75) is 12.7 Å². The fourth-order valence-electron chi connectivity index (χ4n) is 2.05. The maximum Gasteiger partial charge on any atom is 0.234 e. The van der Waals surface area contributed by atoms with E-state index in [-0.39, 0.29) is 17.3 Å². The van der Waals surface area contributed by atoms with E-state index in [0.717, 1.165) is 29.0 Å². The van der Waals surface area contributed by atoms with Crippen LogP contribution in [0.15, 0.2) is 36.4 Å². The van der Waals surface area contributed by atoms with Crippen molar-refractivity contribution in [3.63, 3.8) is 0 Å². The molecule has 3 nitrogen and oxygen atoms in total. The van der Waals surface area contributed by atoms with Crippen LogP contribution in [0.25, 0.3) is 0 Å². The van der Waals surface area contributed by atoms with E-state index in [2.05, 4.69) is 5.32 Å². The molecule has 0 saturated heterocycles. The number of thioether (sulfide) groups is 1. The van der Waals surface area contributed by atoms with Crippen molar-refractivity contribution in [2.75, 3.05) is 18.2 Å². The lowest BCUT2D eigenvalue weighted by Crippen LogP contribution is -2.15. The number of amides is 1. The first kappa shape index (κ1) is 17.3. The van der Waals surface area contributed by atoms with Crippen molar-refractivity contribution in [3.8, 4) is 5.75 Å². The molecule has 2 aromatic rings. The summed E-state index contributed by atoms with van der Waals surface area (Å²) in [7, 11) is 1.60. The van der Waals surface area contributed by atoms with Gasteiger partial charge < -0.3 is 10.1 Å². The van der Waals surface area contributed by atoms with Crippen LogP contribution in [-0.2, 0) is 10.5 Å². The minimum Gasteiger partial charge on any atom is -0.496 e. The molecule has 122 valence electrons. The number of carbonyl (C=O) groups excluding carboxylic acids is 1. The second-order valence-corrected chi connectivity index (χ2v) is 5.97. The number of carbonyl (C=O) groups is 1. The molecule has 23 heavy (non-hydrogen) atoms. The summed E-state index contributed by atoms with van der Waals surface area (Å²) < 4.78 is 31.6. The van der Waals surface area contributed by atoms with E-state index < -0.39 is 11.6 Å². The van der Waals surface area contributed by atoms with Gasteiger partial charge in [-0.1, -0.05) is 17.7 Å². The highest BCUT2D eigenvalue weighted by Crippen LogP contribution is 2.24. The van der Waals surface area contributed by atoms with E-state index in [1.807, 2.05) is 25.1 Å². The molecule has 0 saturated carbocycles.